The fourth-order valence-electron chi connectivity index (χ4n) is 2.88. The summed E-state index contributed by atoms with van der Waals surface area (Å²) >= 11 is 15.6. The van der Waals surface area contributed by atoms with Crippen molar-refractivity contribution < 1.29 is 17.9 Å². The molecule has 0 spiro atoms. The number of halogens is 3. The van der Waals surface area contributed by atoms with Crippen LogP contribution in [0.15, 0.2) is 64.0 Å². The molecule has 3 N–H and O–H groups in total. The number of nitrogens with two attached hydrogens (primary N) is 1. The minimum absolute atomic E-state index is 0.0629. The zero-order chi connectivity index (χ0) is 23.3. The number of rotatable bonds is 9. The van der Waals surface area contributed by atoms with Crippen LogP contribution in [0.25, 0.3) is 0 Å². The molecule has 0 atom stereocenters. The van der Waals surface area contributed by atoms with Crippen LogP contribution in [0.3, 0.4) is 0 Å². The average Bonchev–Trinajstić information content (AvgIpc) is 2.74. The van der Waals surface area contributed by atoms with E-state index in [-0.39, 0.29) is 4.90 Å². The Morgan fingerprint density at radius 2 is 1.69 bits per heavy atom. The van der Waals surface area contributed by atoms with Crippen molar-refractivity contribution >= 4 is 54.8 Å². The molecule has 0 aliphatic carbocycles. The van der Waals surface area contributed by atoms with Crippen molar-refractivity contribution in [3.05, 3.63) is 80.2 Å². The van der Waals surface area contributed by atoms with Crippen molar-refractivity contribution in [3.63, 3.8) is 0 Å². The standard InChI is InChI=1S/C22H21BrCl2N2O4S/c1-2-30-21-11-15(12-27-16-4-6-17(7-5-16)32(26,28)29)9-18(23)22(21)31-13-14-3-8-19(24)20(25)10-14/h3-11,27H,2,12-13H2,1H3,(H2,26,28,29). The molecule has 3 rings (SSSR count). The summed E-state index contributed by atoms with van der Waals surface area (Å²) < 4.78 is 35.3. The van der Waals surface area contributed by atoms with Gasteiger partial charge >= 0.3 is 0 Å². The van der Waals surface area contributed by atoms with E-state index in [1.807, 2.05) is 25.1 Å². The number of benzene rings is 3. The van der Waals surface area contributed by atoms with Crippen molar-refractivity contribution in [2.75, 3.05) is 11.9 Å². The van der Waals surface area contributed by atoms with Crippen LogP contribution in [0, 0.1) is 0 Å². The van der Waals surface area contributed by atoms with Gasteiger partial charge in [0.15, 0.2) is 11.5 Å². The molecule has 10 heteroatoms. The van der Waals surface area contributed by atoms with Gasteiger partial charge in [-0.3, -0.25) is 0 Å². The van der Waals surface area contributed by atoms with Gasteiger partial charge in [-0.25, -0.2) is 13.6 Å². The molecular weight excluding hydrogens is 539 g/mol. The van der Waals surface area contributed by atoms with Crippen LogP contribution < -0.4 is 19.9 Å². The number of anilines is 1. The quantitative estimate of drug-likeness (QED) is 0.336. The van der Waals surface area contributed by atoms with E-state index in [1.54, 1.807) is 24.3 Å². The van der Waals surface area contributed by atoms with Crippen molar-refractivity contribution in [2.45, 2.75) is 25.0 Å². The summed E-state index contributed by atoms with van der Waals surface area (Å²) in [6, 6.07) is 15.4. The Morgan fingerprint density at radius 1 is 0.969 bits per heavy atom. The maximum absolute atomic E-state index is 11.4. The van der Waals surface area contributed by atoms with Crippen LogP contribution >= 0.6 is 39.1 Å². The molecule has 32 heavy (non-hydrogen) atoms. The normalized spacial score (nSPS) is 11.3. The van der Waals surface area contributed by atoms with E-state index in [4.69, 9.17) is 37.8 Å². The predicted molar refractivity (Wildman–Crippen MR) is 131 cm³/mol. The minimum Gasteiger partial charge on any atom is -0.490 e. The topological polar surface area (TPSA) is 90.6 Å². The SMILES string of the molecule is CCOc1cc(CNc2ccc(S(N)(=O)=O)cc2)cc(Br)c1OCc1ccc(Cl)c(Cl)c1. The van der Waals surface area contributed by atoms with Crippen LogP contribution in [0.1, 0.15) is 18.1 Å². The number of primary sulfonamides is 1. The van der Waals surface area contributed by atoms with Crippen LogP contribution in [0.4, 0.5) is 5.69 Å². The van der Waals surface area contributed by atoms with E-state index in [9.17, 15) is 8.42 Å². The zero-order valence-electron chi connectivity index (χ0n) is 17.1. The maximum Gasteiger partial charge on any atom is 0.238 e. The first kappa shape index (κ1) is 24.7. The van der Waals surface area contributed by atoms with E-state index in [0.29, 0.717) is 41.3 Å². The van der Waals surface area contributed by atoms with E-state index >= 15 is 0 Å². The molecular formula is C22H21BrCl2N2O4S. The van der Waals surface area contributed by atoms with Crippen LogP contribution in [0.5, 0.6) is 11.5 Å². The number of hydrogen-bond donors (Lipinski definition) is 2. The number of ether oxygens (including phenoxy) is 2. The Kier molecular flexibility index (Phi) is 8.30. The molecule has 0 fully saturated rings. The molecule has 0 saturated heterocycles. The monoisotopic (exact) mass is 558 g/mol. The van der Waals surface area contributed by atoms with Gasteiger partial charge in [-0.2, -0.15) is 0 Å². The Bertz CT molecular complexity index is 1210. The van der Waals surface area contributed by atoms with E-state index in [1.165, 1.54) is 12.1 Å². The van der Waals surface area contributed by atoms with Crippen LogP contribution in [-0.2, 0) is 23.2 Å². The van der Waals surface area contributed by atoms with Gasteiger partial charge in [-0.1, -0.05) is 29.3 Å². The molecule has 0 aliphatic heterocycles. The fourth-order valence-corrected chi connectivity index (χ4v) is 4.32. The Hall–Kier alpha value is -1.97. The highest BCUT2D eigenvalue weighted by Crippen LogP contribution is 2.38. The summed E-state index contributed by atoms with van der Waals surface area (Å²) in [6.07, 6.45) is 0. The highest BCUT2D eigenvalue weighted by atomic mass is 79.9. The lowest BCUT2D eigenvalue weighted by Crippen LogP contribution is -2.12. The molecule has 3 aromatic rings. The summed E-state index contributed by atoms with van der Waals surface area (Å²) in [5, 5.41) is 9.33. The second-order valence-electron chi connectivity index (χ2n) is 6.80. The lowest BCUT2D eigenvalue weighted by molar-refractivity contribution is 0.267. The van der Waals surface area contributed by atoms with Crippen molar-refractivity contribution in [1.82, 2.24) is 0 Å². The van der Waals surface area contributed by atoms with Crippen molar-refractivity contribution in [2.24, 2.45) is 5.14 Å². The number of nitrogens with one attached hydrogen (secondary N) is 1. The Balaban J connectivity index is 1.73. The highest BCUT2D eigenvalue weighted by Gasteiger charge is 2.14. The van der Waals surface area contributed by atoms with Gasteiger partial charge in [0.05, 0.1) is 26.0 Å². The van der Waals surface area contributed by atoms with Gasteiger partial charge in [0, 0.05) is 12.2 Å². The Labute approximate surface area is 205 Å². The summed E-state index contributed by atoms with van der Waals surface area (Å²) in [4.78, 5) is 0.0629. The molecule has 0 saturated carbocycles. The molecule has 170 valence electrons. The fraction of sp³-hybridized carbons (Fsp3) is 0.182. The molecule has 0 unspecified atom stereocenters. The van der Waals surface area contributed by atoms with Gasteiger partial charge in [0.2, 0.25) is 10.0 Å². The largest absolute Gasteiger partial charge is 0.490 e. The van der Waals surface area contributed by atoms with E-state index < -0.39 is 10.0 Å². The maximum atomic E-state index is 11.4. The highest BCUT2D eigenvalue weighted by molar-refractivity contribution is 9.10. The predicted octanol–water partition coefficient (Wildman–Crippen LogP) is 5.99. The smallest absolute Gasteiger partial charge is 0.238 e. The van der Waals surface area contributed by atoms with Gasteiger partial charge in [-0.15, -0.1) is 0 Å². The molecule has 0 aromatic heterocycles. The van der Waals surface area contributed by atoms with Gasteiger partial charge in [0.1, 0.15) is 6.61 Å². The molecule has 0 radical (unpaired) electrons. The molecule has 0 aliphatic rings. The van der Waals surface area contributed by atoms with Gasteiger partial charge < -0.3 is 14.8 Å². The second-order valence-corrected chi connectivity index (χ2v) is 10.0. The first-order chi connectivity index (χ1) is 15.2. The van der Waals surface area contributed by atoms with Crippen molar-refractivity contribution in [1.29, 1.82) is 0 Å². The van der Waals surface area contributed by atoms with Crippen LogP contribution in [0.2, 0.25) is 10.0 Å². The minimum atomic E-state index is -3.72. The third kappa shape index (κ3) is 6.52. The molecule has 3 aromatic carbocycles. The van der Waals surface area contributed by atoms with E-state index in [0.717, 1.165) is 21.3 Å². The third-order valence-corrected chi connectivity index (χ3v) is 6.67. The Morgan fingerprint density at radius 3 is 2.31 bits per heavy atom. The van der Waals surface area contributed by atoms with Gasteiger partial charge in [-0.05, 0) is 82.5 Å². The molecule has 0 amide bonds. The third-order valence-electron chi connectivity index (χ3n) is 4.42. The molecule has 0 heterocycles. The zero-order valence-corrected chi connectivity index (χ0v) is 21.0. The lowest BCUT2D eigenvalue weighted by atomic mass is 10.2. The van der Waals surface area contributed by atoms with E-state index in [2.05, 4.69) is 21.2 Å². The summed E-state index contributed by atoms with van der Waals surface area (Å²) in [7, 11) is -3.72. The second kappa shape index (κ2) is 10.8. The van der Waals surface area contributed by atoms with Crippen LogP contribution in [-0.4, -0.2) is 15.0 Å². The first-order valence-electron chi connectivity index (χ1n) is 9.56. The average molecular weight is 560 g/mol. The summed E-state index contributed by atoms with van der Waals surface area (Å²) in [5.74, 6) is 1.18. The summed E-state index contributed by atoms with van der Waals surface area (Å²) in [6.45, 7) is 3.15. The first-order valence-corrected chi connectivity index (χ1v) is 12.7. The lowest BCUT2D eigenvalue weighted by Gasteiger charge is -2.16. The summed E-state index contributed by atoms with van der Waals surface area (Å²) in [5.41, 5.74) is 2.58. The molecule has 0 bridgehead atoms. The number of sulfonamides is 1. The molecule has 6 nitrogen and oxygen atoms in total. The number of hydrogen-bond acceptors (Lipinski definition) is 5. The van der Waals surface area contributed by atoms with Gasteiger partial charge in [0.25, 0.3) is 0 Å². The van der Waals surface area contributed by atoms with Crippen molar-refractivity contribution in [3.8, 4) is 11.5 Å².